The third-order valence-electron chi connectivity index (χ3n) is 2.64. The molecule has 0 aliphatic heterocycles. The maximum atomic E-state index is 3.29. The van der Waals surface area contributed by atoms with Gasteiger partial charge in [0, 0.05) is 0 Å². The van der Waals surface area contributed by atoms with Crippen LogP contribution in [0, 0.1) is 32.9 Å². The fraction of sp³-hybridized carbons (Fsp3) is 0.412. The predicted molar refractivity (Wildman–Crippen MR) is 102 cm³/mol. The summed E-state index contributed by atoms with van der Waals surface area (Å²) in [4.78, 5) is 0. The van der Waals surface area contributed by atoms with Crippen LogP contribution in [0.5, 0.6) is 0 Å². The van der Waals surface area contributed by atoms with Crippen LogP contribution in [0.25, 0.3) is 0 Å². The molecule has 0 saturated carbocycles. The van der Waals surface area contributed by atoms with Crippen LogP contribution in [-0.2, 0) is 21.6 Å². The second kappa shape index (κ2) is 19.0. The monoisotopic (exact) mass is 468 g/mol. The molecule has 0 heterocycles. The first-order valence-corrected chi connectivity index (χ1v) is 16.4. The minimum absolute atomic E-state index is 0. The summed E-state index contributed by atoms with van der Waals surface area (Å²) in [5.41, 5.74) is 5.42. The molecule has 0 nitrogen and oxygen atoms in total. The van der Waals surface area contributed by atoms with Gasteiger partial charge < -0.3 is 14.9 Å². The Morgan fingerprint density at radius 3 is 1.67 bits per heavy atom. The zero-order valence-corrected chi connectivity index (χ0v) is 21.5. The Morgan fingerprint density at radius 2 is 1.57 bits per heavy atom. The average Bonchev–Trinajstić information content (AvgIpc) is 2.77. The summed E-state index contributed by atoms with van der Waals surface area (Å²) in [6.07, 6.45) is 11.9. The van der Waals surface area contributed by atoms with E-state index in [0.717, 1.165) is 6.42 Å². The molecule has 124 valence electrons. The first kappa shape index (κ1) is 33.5. The molecule has 2 aliphatic carbocycles. The molecule has 0 N–H and O–H groups in total. The van der Waals surface area contributed by atoms with Crippen molar-refractivity contribution in [2.45, 2.75) is 41.0 Å². The van der Waals surface area contributed by atoms with Gasteiger partial charge in [0.1, 0.15) is 0 Å². The number of rotatable bonds is 0. The van der Waals surface area contributed by atoms with Crippen molar-refractivity contribution in [3.05, 3.63) is 61.4 Å². The van der Waals surface area contributed by atoms with Gasteiger partial charge in [-0.25, -0.2) is 22.8 Å². The predicted octanol–water partition coefficient (Wildman–Crippen LogP) is 5.24. The van der Waals surface area contributed by atoms with Crippen LogP contribution in [0.4, 0.5) is 0 Å². The molecule has 0 aromatic heterocycles. The van der Waals surface area contributed by atoms with Gasteiger partial charge in [0.2, 0.25) is 0 Å². The first-order valence-electron chi connectivity index (χ1n) is 5.88. The summed E-state index contributed by atoms with van der Waals surface area (Å²) in [5, 5.41) is 0. The molecular formula is C17H30Cl2GeZr-4. The van der Waals surface area contributed by atoms with Crippen molar-refractivity contribution in [2.24, 2.45) is 5.92 Å². The fourth-order valence-corrected chi connectivity index (χ4v) is 1.75. The second-order valence-electron chi connectivity index (χ2n) is 4.43. The molecule has 0 radical (unpaired) electrons. The normalized spacial score (nSPS) is 17.0. The summed E-state index contributed by atoms with van der Waals surface area (Å²) in [5.74, 6) is 0.551. The quantitative estimate of drug-likeness (QED) is 0.336. The molecule has 0 amide bonds. The van der Waals surface area contributed by atoms with Crippen molar-refractivity contribution < 1.29 is 21.6 Å². The van der Waals surface area contributed by atoms with E-state index in [1.807, 2.05) is 0 Å². The average molecular weight is 469 g/mol. The minimum atomic E-state index is 0. The van der Waals surface area contributed by atoms with Crippen LogP contribution in [0.3, 0.4) is 0 Å². The summed E-state index contributed by atoms with van der Waals surface area (Å²) < 4.78 is 0. The van der Waals surface area contributed by atoms with Gasteiger partial charge in [-0.05, 0) is 0 Å². The van der Waals surface area contributed by atoms with Crippen molar-refractivity contribution in [1.82, 2.24) is 0 Å². The molecule has 2 aliphatic rings. The molecule has 0 aromatic rings. The summed E-state index contributed by atoms with van der Waals surface area (Å²) in [6, 6.07) is 0. The van der Waals surface area contributed by atoms with Crippen molar-refractivity contribution in [3.63, 3.8) is 0 Å². The number of hydrogen-bond acceptors (Lipinski definition) is 0. The van der Waals surface area contributed by atoms with E-state index in [4.69, 9.17) is 0 Å². The third kappa shape index (κ3) is 15.6. The van der Waals surface area contributed by atoms with Gasteiger partial charge in [-0.2, -0.15) is 11.6 Å². The third-order valence-corrected chi connectivity index (χ3v) is 2.64. The molecule has 1 atom stereocenters. The van der Waals surface area contributed by atoms with Gasteiger partial charge in [0.25, 0.3) is 0 Å². The molecule has 0 aromatic carbocycles. The molecular weight excluding hydrogens is 439 g/mol. The van der Waals surface area contributed by atoms with Gasteiger partial charge in [0.15, 0.2) is 0 Å². The summed E-state index contributed by atoms with van der Waals surface area (Å²) in [6.45, 7) is 10.6. The van der Waals surface area contributed by atoms with Gasteiger partial charge in [-0.15, -0.1) is 38.2 Å². The molecule has 4 heteroatoms. The van der Waals surface area contributed by atoms with Crippen molar-refractivity contribution in [1.29, 1.82) is 0 Å². The van der Waals surface area contributed by atoms with Crippen LogP contribution in [-0.4, -0.2) is 12.1 Å². The van der Waals surface area contributed by atoms with E-state index in [1.54, 1.807) is 21.6 Å². The Balaban J connectivity index is -0.0000000623. The van der Waals surface area contributed by atoms with E-state index in [2.05, 4.69) is 58.9 Å². The topological polar surface area (TPSA) is 0 Å². The molecule has 0 bridgehead atoms. The summed E-state index contributed by atoms with van der Waals surface area (Å²) in [7, 11) is 0. The van der Waals surface area contributed by atoms with Crippen LogP contribution < -0.4 is 0 Å². The Bertz CT molecular complexity index is 364. The van der Waals surface area contributed by atoms with Crippen LogP contribution in [0.1, 0.15) is 41.0 Å². The van der Waals surface area contributed by atoms with E-state index in [-0.39, 0.29) is 39.7 Å². The van der Waals surface area contributed by atoms with E-state index in [9.17, 15) is 0 Å². The number of hydrogen-bond donors (Lipinski definition) is 0. The zero-order chi connectivity index (χ0) is 13.4. The molecule has 2 rings (SSSR count). The van der Waals surface area contributed by atoms with Crippen molar-refractivity contribution >= 4 is 37.0 Å². The van der Waals surface area contributed by atoms with E-state index < -0.39 is 0 Å². The van der Waals surface area contributed by atoms with E-state index in [0.29, 0.717) is 5.92 Å². The van der Waals surface area contributed by atoms with Crippen LogP contribution in [0.2, 0.25) is 0 Å². The summed E-state index contributed by atoms with van der Waals surface area (Å²) >= 11 is 3.14. The van der Waals surface area contributed by atoms with Crippen molar-refractivity contribution in [3.8, 4) is 0 Å². The molecule has 0 saturated heterocycles. The van der Waals surface area contributed by atoms with Gasteiger partial charge in [-0.1, -0.05) is 33.6 Å². The number of halogens is 2. The Hall–Kier alpha value is 0.966. The standard InChI is InChI=1S/C8H11.C7H9.2CH3.2ClH.GeH2.Zr/c1-6-4-7(2)8(3)5-6;1-6-3-4-7(2)5-6;;;;;;/h4,6H,1-3H3;5H,3H2,1-2H3;2*1H3;2*1H;1H2;/q4*-1;;;;. The maximum absolute atomic E-state index is 3.29. The second-order valence-corrected chi connectivity index (χ2v) is 4.43. The Kier molecular flexibility index (Phi) is 30.4. The fourth-order valence-electron chi connectivity index (χ4n) is 1.75. The molecule has 1 unspecified atom stereocenters. The first-order chi connectivity index (χ1) is 7.99. The number of allylic oxidation sites excluding steroid dienone is 8. The van der Waals surface area contributed by atoms with Gasteiger partial charge >= 0.3 is 33.7 Å². The van der Waals surface area contributed by atoms with Gasteiger partial charge in [0.05, 0.1) is 0 Å². The Labute approximate surface area is 165 Å². The SMILES string of the molecule is CC1=[C-]C(C)C=C1C.CC1=[C-]CC(C)=C1.Cl.Cl.[CH3-].[CH3-].[GeH2]=[Zr]. The van der Waals surface area contributed by atoms with Crippen LogP contribution >= 0.6 is 24.8 Å². The van der Waals surface area contributed by atoms with Gasteiger partial charge in [-0.3, -0.25) is 12.2 Å². The van der Waals surface area contributed by atoms with E-state index in [1.165, 1.54) is 34.4 Å². The zero-order valence-electron chi connectivity index (χ0n) is 14.5. The Morgan fingerprint density at radius 1 is 1.10 bits per heavy atom. The van der Waals surface area contributed by atoms with E-state index >= 15 is 0 Å². The van der Waals surface area contributed by atoms with Crippen LogP contribution in [0.15, 0.2) is 34.4 Å². The van der Waals surface area contributed by atoms with Crippen molar-refractivity contribution in [2.75, 3.05) is 0 Å². The molecule has 21 heavy (non-hydrogen) atoms. The molecule has 0 fully saturated rings. The molecule has 0 spiro atoms.